The highest BCUT2D eigenvalue weighted by molar-refractivity contribution is 9.11. The van der Waals surface area contributed by atoms with Gasteiger partial charge in [0.1, 0.15) is 0 Å². The maximum absolute atomic E-state index is 3.28. The monoisotopic (exact) mass is 184 g/mol. The molecule has 1 rings (SSSR count). The highest BCUT2D eigenvalue weighted by atomic mass is 79.9. The minimum Gasteiger partial charge on any atom is -0.0921 e. The number of rotatable bonds is 0. The van der Waals surface area contributed by atoms with E-state index in [0.29, 0.717) is 0 Å². The van der Waals surface area contributed by atoms with E-state index in [9.17, 15) is 0 Å². The zero-order valence-corrected chi connectivity index (χ0v) is 6.71. The van der Waals surface area contributed by atoms with Crippen LogP contribution in [-0.4, -0.2) is 0 Å². The molecular formula is C8H9Br. The topological polar surface area (TPSA) is 0 Å². The van der Waals surface area contributed by atoms with Gasteiger partial charge in [0.2, 0.25) is 0 Å². The predicted molar refractivity (Wildman–Crippen MR) is 45.6 cm³/mol. The van der Waals surface area contributed by atoms with E-state index in [4.69, 9.17) is 0 Å². The molecule has 1 aromatic carbocycles. The molecule has 0 spiro atoms. The lowest BCUT2D eigenvalue weighted by Crippen LogP contribution is -1.47. The second-order valence-corrected chi connectivity index (χ2v) is 1.96. The molecular weight excluding hydrogens is 176 g/mol. The summed E-state index contributed by atoms with van der Waals surface area (Å²) in [6.45, 7) is 3.28. The molecule has 0 aliphatic carbocycles. The van der Waals surface area contributed by atoms with Crippen molar-refractivity contribution in [3.05, 3.63) is 48.0 Å². The maximum Gasteiger partial charge on any atom is -0.0261 e. The molecule has 0 saturated carbocycles. The molecule has 0 aromatic heterocycles. The third-order valence-electron chi connectivity index (χ3n) is 0.667. The van der Waals surface area contributed by atoms with E-state index in [1.807, 2.05) is 36.4 Å². The fourth-order valence-electron chi connectivity index (χ4n) is 0.385. The first kappa shape index (κ1) is 8.44. The molecule has 0 aliphatic rings. The second kappa shape index (κ2) is 7.44. The van der Waals surface area contributed by atoms with Gasteiger partial charge in [0.15, 0.2) is 0 Å². The Balaban J connectivity index is 0.000000187. The van der Waals surface area contributed by atoms with Crippen molar-refractivity contribution in [1.29, 1.82) is 0 Å². The van der Waals surface area contributed by atoms with E-state index in [2.05, 4.69) is 22.5 Å². The van der Waals surface area contributed by atoms with Gasteiger partial charge >= 0.3 is 0 Å². The van der Waals surface area contributed by atoms with Crippen LogP contribution in [0.4, 0.5) is 0 Å². The molecule has 0 radical (unpaired) electrons. The summed E-state index contributed by atoms with van der Waals surface area (Å²) < 4.78 is 0. The smallest absolute Gasteiger partial charge is 0.0261 e. The van der Waals surface area contributed by atoms with Gasteiger partial charge in [0.25, 0.3) is 0 Å². The second-order valence-electron chi connectivity index (χ2n) is 1.31. The lowest BCUT2D eigenvalue weighted by Gasteiger charge is -1.69. The molecule has 0 nitrogen and oxygen atoms in total. The van der Waals surface area contributed by atoms with Crippen LogP contribution in [0.25, 0.3) is 0 Å². The summed E-state index contributed by atoms with van der Waals surface area (Å²) in [7, 11) is 0. The summed E-state index contributed by atoms with van der Waals surface area (Å²) in [6.07, 6.45) is 0. The van der Waals surface area contributed by atoms with Gasteiger partial charge in [-0.3, -0.25) is 0 Å². The number of benzene rings is 1. The largest absolute Gasteiger partial charge is 0.0921 e. The molecule has 48 valence electrons. The van der Waals surface area contributed by atoms with Crippen LogP contribution in [0.15, 0.2) is 48.0 Å². The van der Waals surface area contributed by atoms with E-state index in [1.165, 1.54) is 0 Å². The first-order valence-corrected chi connectivity index (χ1v) is 3.54. The Hall–Kier alpha value is -0.560. The van der Waals surface area contributed by atoms with Crippen molar-refractivity contribution >= 4 is 15.9 Å². The van der Waals surface area contributed by atoms with E-state index in [1.54, 1.807) is 4.99 Å². The lowest BCUT2D eigenvalue weighted by atomic mass is 10.4. The van der Waals surface area contributed by atoms with Crippen LogP contribution in [0.2, 0.25) is 0 Å². The van der Waals surface area contributed by atoms with Gasteiger partial charge in [-0.05, 0) is 4.99 Å². The van der Waals surface area contributed by atoms with Crippen LogP contribution in [0.3, 0.4) is 0 Å². The molecule has 1 heteroatoms. The van der Waals surface area contributed by atoms with Gasteiger partial charge in [0, 0.05) is 0 Å². The average Bonchev–Trinajstić information content (AvgIpc) is 1.93. The summed E-state index contributed by atoms with van der Waals surface area (Å²) in [5.41, 5.74) is 0. The Morgan fingerprint density at radius 3 is 1.11 bits per heavy atom. The molecule has 0 fully saturated rings. The zero-order chi connectivity index (χ0) is 6.95. The van der Waals surface area contributed by atoms with Gasteiger partial charge in [-0.15, -0.1) is 0 Å². The van der Waals surface area contributed by atoms with Crippen molar-refractivity contribution in [3.8, 4) is 0 Å². The third-order valence-corrected chi connectivity index (χ3v) is 0.667. The fraction of sp³-hybridized carbons (Fsp3) is 0. The van der Waals surface area contributed by atoms with Crippen molar-refractivity contribution < 1.29 is 0 Å². The quantitative estimate of drug-likeness (QED) is 0.582. The Labute approximate surface area is 64.3 Å². The van der Waals surface area contributed by atoms with E-state index < -0.39 is 0 Å². The summed E-state index contributed by atoms with van der Waals surface area (Å²) >= 11 is 2.91. The standard InChI is InChI=1S/C6H6.C2H3Br/c1-2-4-6-5-3-1;1-2-3/h1-6H;2H,1H2. The van der Waals surface area contributed by atoms with Gasteiger partial charge in [-0.2, -0.15) is 0 Å². The molecule has 0 bridgehead atoms. The van der Waals surface area contributed by atoms with Crippen molar-refractivity contribution in [2.45, 2.75) is 0 Å². The average molecular weight is 185 g/mol. The SMILES string of the molecule is C=CBr.c1ccccc1. The predicted octanol–water partition coefficient (Wildman–Crippen LogP) is 3.21. The van der Waals surface area contributed by atoms with Gasteiger partial charge in [0.05, 0.1) is 0 Å². The molecule has 0 aliphatic heterocycles. The van der Waals surface area contributed by atoms with E-state index in [-0.39, 0.29) is 0 Å². The third kappa shape index (κ3) is 7.44. The first-order chi connectivity index (χ1) is 4.41. The first-order valence-electron chi connectivity index (χ1n) is 2.63. The van der Waals surface area contributed by atoms with Gasteiger partial charge in [-0.1, -0.05) is 58.9 Å². The molecule has 0 atom stereocenters. The highest BCUT2D eigenvalue weighted by Crippen LogP contribution is 1.79. The zero-order valence-electron chi connectivity index (χ0n) is 5.13. The van der Waals surface area contributed by atoms with E-state index >= 15 is 0 Å². The normalized spacial score (nSPS) is 6.78. The fourth-order valence-corrected chi connectivity index (χ4v) is 0.385. The molecule has 9 heavy (non-hydrogen) atoms. The van der Waals surface area contributed by atoms with Crippen molar-refractivity contribution in [1.82, 2.24) is 0 Å². The van der Waals surface area contributed by atoms with Crippen LogP contribution in [0, 0.1) is 0 Å². The van der Waals surface area contributed by atoms with Crippen LogP contribution in [0.1, 0.15) is 0 Å². The van der Waals surface area contributed by atoms with Gasteiger partial charge in [-0.25, -0.2) is 0 Å². The maximum atomic E-state index is 3.28. The van der Waals surface area contributed by atoms with Crippen molar-refractivity contribution in [2.24, 2.45) is 0 Å². The molecule has 1 aromatic rings. The lowest BCUT2D eigenvalue weighted by molar-refractivity contribution is 1.72. The van der Waals surface area contributed by atoms with Crippen LogP contribution in [0.5, 0.6) is 0 Å². The highest BCUT2D eigenvalue weighted by Gasteiger charge is 1.57. The Morgan fingerprint density at radius 2 is 1.00 bits per heavy atom. The molecule has 0 saturated heterocycles. The molecule has 0 heterocycles. The van der Waals surface area contributed by atoms with Crippen molar-refractivity contribution in [2.75, 3.05) is 0 Å². The molecule has 0 amide bonds. The van der Waals surface area contributed by atoms with Gasteiger partial charge < -0.3 is 0 Å². The Bertz CT molecular complexity index is 108. The molecule has 0 unspecified atom stereocenters. The number of hydrogen-bond donors (Lipinski definition) is 0. The summed E-state index contributed by atoms with van der Waals surface area (Å²) in [6, 6.07) is 12.0. The Kier molecular flexibility index (Phi) is 6.98. The summed E-state index contributed by atoms with van der Waals surface area (Å²) in [4.78, 5) is 1.56. The molecule has 0 N–H and O–H groups in total. The Morgan fingerprint density at radius 1 is 0.889 bits per heavy atom. The minimum atomic E-state index is 1.56. The minimum absolute atomic E-state index is 1.56. The number of hydrogen-bond acceptors (Lipinski definition) is 0. The number of halogens is 1. The summed E-state index contributed by atoms with van der Waals surface area (Å²) in [5.74, 6) is 0. The van der Waals surface area contributed by atoms with Crippen LogP contribution >= 0.6 is 15.9 Å². The van der Waals surface area contributed by atoms with Crippen LogP contribution in [-0.2, 0) is 0 Å². The van der Waals surface area contributed by atoms with E-state index in [0.717, 1.165) is 0 Å². The van der Waals surface area contributed by atoms with Crippen molar-refractivity contribution in [3.63, 3.8) is 0 Å². The van der Waals surface area contributed by atoms with Crippen LogP contribution < -0.4 is 0 Å². The summed E-state index contributed by atoms with van der Waals surface area (Å²) in [5, 5.41) is 0.